The summed E-state index contributed by atoms with van der Waals surface area (Å²) in [4.78, 5) is 0. The number of rotatable bonds is 6. The Hall–Kier alpha value is -0.760. The van der Waals surface area contributed by atoms with Gasteiger partial charge in [-0.05, 0) is 35.4 Å². The molecule has 0 fully saturated rings. The molecular weight excluding hydrogens is 454 g/mol. The molecule has 1 heterocycles. The third kappa shape index (κ3) is 4.94. The number of halogens is 4. The van der Waals surface area contributed by atoms with Crippen LogP contribution in [0.1, 0.15) is 11.1 Å². The van der Waals surface area contributed by atoms with Crippen LogP contribution in [0.3, 0.4) is 0 Å². The Morgan fingerprint density at radius 2 is 1.19 bits per heavy atom. The van der Waals surface area contributed by atoms with Crippen LogP contribution in [0.25, 0.3) is 0 Å². The zero-order valence-corrected chi connectivity index (χ0v) is 17.8. The van der Waals surface area contributed by atoms with E-state index < -0.39 is 0 Å². The minimum atomic E-state index is 0.598. The van der Waals surface area contributed by atoms with Gasteiger partial charge in [0.1, 0.15) is 0 Å². The molecule has 0 unspecified atom stereocenters. The van der Waals surface area contributed by atoms with Gasteiger partial charge in [-0.3, -0.25) is 0 Å². The molecular formula is C16H12Cl4N4S2. The summed E-state index contributed by atoms with van der Waals surface area (Å²) in [5, 5.41) is 11.9. The van der Waals surface area contributed by atoms with Crippen molar-refractivity contribution >= 4 is 69.9 Å². The van der Waals surface area contributed by atoms with E-state index in [0.29, 0.717) is 41.9 Å². The van der Waals surface area contributed by atoms with Crippen molar-refractivity contribution in [2.24, 2.45) is 0 Å². The second-order valence-corrected chi connectivity index (χ2v) is 8.76. The molecule has 136 valence electrons. The fraction of sp³-hybridized carbons (Fsp3) is 0.125. The first-order chi connectivity index (χ1) is 12.4. The molecule has 3 aromatic rings. The van der Waals surface area contributed by atoms with Gasteiger partial charge in [0.05, 0.1) is 0 Å². The molecule has 0 amide bonds. The highest BCUT2D eigenvalue weighted by Crippen LogP contribution is 2.31. The summed E-state index contributed by atoms with van der Waals surface area (Å²) in [6.45, 7) is 0. The lowest BCUT2D eigenvalue weighted by molar-refractivity contribution is 0.781. The Balaban J connectivity index is 1.64. The zero-order chi connectivity index (χ0) is 18.7. The molecule has 10 heteroatoms. The molecule has 2 aromatic carbocycles. The molecule has 0 aliphatic carbocycles. The summed E-state index contributed by atoms with van der Waals surface area (Å²) in [6.07, 6.45) is 0. The Morgan fingerprint density at radius 3 is 1.58 bits per heavy atom. The van der Waals surface area contributed by atoms with Crippen molar-refractivity contribution in [2.45, 2.75) is 21.8 Å². The first-order valence-electron chi connectivity index (χ1n) is 7.28. The van der Waals surface area contributed by atoms with Crippen molar-refractivity contribution < 1.29 is 0 Å². The number of nitrogens with two attached hydrogens (primary N) is 1. The van der Waals surface area contributed by atoms with E-state index in [2.05, 4.69) is 10.2 Å². The van der Waals surface area contributed by atoms with Crippen LogP contribution in [0.5, 0.6) is 0 Å². The predicted molar refractivity (Wildman–Crippen MR) is 112 cm³/mol. The molecule has 3 rings (SSSR count). The largest absolute Gasteiger partial charge is 0.335 e. The minimum absolute atomic E-state index is 0.598. The van der Waals surface area contributed by atoms with Gasteiger partial charge in [0.2, 0.25) is 10.3 Å². The Bertz CT molecular complexity index is 860. The molecule has 0 bridgehead atoms. The Morgan fingerprint density at radius 1 is 0.769 bits per heavy atom. The normalized spacial score (nSPS) is 11.1. The maximum absolute atomic E-state index is 6.19. The Labute approximate surface area is 179 Å². The SMILES string of the molecule is Nn1c(SCc2ccc(Cl)cc2Cl)nnc1SCc1ccc(Cl)cc1Cl. The monoisotopic (exact) mass is 464 g/mol. The topological polar surface area (TPSA) is 56.7 Å². The fourth-order valence-corrected chi connectivity index (χ4v) is 4.91. The van der Waals surface area contributed by atoms with E-state index in [9.17, 15) is 0 Å². The molecule has 0 aliphatic heterocycles. The van der Waals surface area contributed by atoms with Crippen molar-refractivity contribution in [1.82, 2.24) is 14.9 Å². The van der Waals surface area contributed by atoms with Gasteiger partial charge in [0.25, 0.3) is 0 Å². The summed E-state index contributed by atoms with van der Waals surface area (Å²) in [6, 6.07) is 10.8. The van der Waals surface area contributed by atoms with Crippen molar-refractivity contribution in [3.05, 3.63) is 67.6 Å². The maximum atomic E-state index is 6.19. The lowest BCUT2D eigenvalue weighted by Gasteiger charge is -2.06. The summed E-state index contributed by atoms with van der Waals surface area (Å²) in [5.74, 6) is 7.32. The smallest absolute Gasteiger partial charge is 0.210 e. The lowest BCUT2D eigenvalue weighted by atomic mass is 10.2. The van der Waals surface area contributed by atoms with E-state index in [1.165, 1.54) is 28.2 Å². The number of nitrogen functional groups attached to an aromatic ring is 1. The average molecular weight is 466 g/mol. The van der Waals surface area contributed by atoms with Crippen LogP contribution in [0.15, 0.2) is 46.7 Å². The molecule has 1 aromatic heterocycles. The zero-order valence-electron chi connectivity index (χ0n) is 13.1. The molecule has 0 radical (unpaired) electrons. The van der Waals surface area contributed by atoms with E-state index in [4.69, 9.17) is 52.2 Å². The van der Waals surface area contributed by atoms with Crippen molar-refractivity contribution in [1.29, 1.82) is 0 Å². The number of thioether (sulfide) groups is 2. The van der Waals surface area contributed by atoms with Crippen molar-refractivity contribution in [3.8, 4) is 0 Å². The summed E-state index contributed by atoms with van der Waals surface area (Å²) >= 11 is 27.1. The number of nitrogens with zero attached hydrogens (tertiary/aromatic N) is 3. The molecule has 0 atom stereocenters. The average Bonchev–Trinajstić information content (AvgIpc) is 2.93. The summed E-state index contributed by atoms with van der Waals surface area (Å²) in [5.41, 5.74) is 1.90. The molecule has 4 nitrogen and oxygen atoms in total. The van der Waals surface area contributed by atoms with E-state index in [0.717, 1.165) is 11.1 Å². The standard InChI is InChI=1S/C16H12Cl4N4S2/c17-11-3-1-9(13(19)5-11)7-25-15-22-23-16(24(15)21)26-8-10-2-4-12(18)6-14(10)20/h1-6H,7-8,21H2. The van der Waals surface area contributed by atoms with E-state index in [-0.39, 0.29) is 0 Å². The van der Waals surface area contributed by atoms with Crippen molar-refractivity contribution in [2.75, 3.05) is 5.84 Å². The molecule has 0 spiro atoms. The molecule has 0 aliphatic rings. The number of hydrogen-bond donors (Lipinski definition) is 1. The lowest BCUT2D eigenvalue weighted by Crippen LogP contribution is -2.11. The van der Waals surface area contributed by atoms with Crippen molar-refractivity contribution in [3.63, 3.8) is 0 Å². The van der Waals surface area contributed by atoms with Crippen LogP contribution in [0.2, 0.25) is 20.1 Å². The van der Waals surface area contributed by atoms with Gasteiger partial charge >= 0.3 is 0 Å². The van der Waals surface area contributed by atoms with Gasteiger partial charge in [-0.25, -0.2) is 4.68 Å². The summed E-state index contributed by atoms with van der Waals surface area (Å²) in [7, 11) is 0. The van der Waals surface area contributed by atoms with Gasteiger partial charge in [-0.2, -0.15) is 0 Å². The maximum Gasteiger partial charge on any atom is 0.210 e. The third-order valence-corrected chi connectivity index (χ3v) is 6.53. The summed E-state index contributed by atoms with van der Waals surface area (Å²) < 4.78 is 1.46. The first-order valence-corrected chi connectivity index (χ1v) is 10.8. The van der Waals surface area contributed by atoms with Crippen LogP contribution in [-0.4, -0.2) is 14.9 Å². The molecule has 26 heavy (non-hydrogen) atoms. The van der Waals surface area contributed by atoms with Crippen LogP contribution in [-0.2, 0) is 11.5 Å². The quantitative estimate of drug-likeness (QED) is 0.347. The van der Waals surface area contributed by atoms with E-state index in [1.54, 1.807) is 24.3 Å². The molecule has 2 N–H and O–H groups in total. The van der Waals surface area contributed by atoms with Gasteiger partial charge < -0.3 is 5.84 Å². The molecule has 0 saturated carbocycles. The third-order valence-electron chi connectivity index (χ3n) is 3.38. The minimum Gasteiger partial charge on any atom is -0.335 e. The van der Waals surface area contributed by atoms with Gasteiger partial charge in [-0.1, -0.05) is 82.1 Å². The second-order valence-electron chi connectivity index (χ2n) is 5.18. The highest BCUT2D eigenvalue weighted by molar-refractivity contribution is 7.99. The van der Waals surface area contributed by atoms with Gasteiger partial charge in [0, 0.05) is 31.6 Å². The predicted octanol–water partition coefficient (Wildman–Crippen LogP) is 6.19. The number of benzene rings is 2. The molecule has 0 saturated heterocycles. The van der Waals surface area contributed by atoms with Crippen LogP contribution < -0.4 is 5.84 Å². The Kier molecular flexibility index (Phi) is 6.88. The van der Waals surface area contributed by atoms with Gasteiger partial charge in [-0.15, -0.1) is 10.2 Å². The van der Waals surface area contributed by atoms with Crippen LogP contribution >= 0.6 is 69.9 Å². The number of aromatic nitrogens is 3. The van der Waals surface area contributed by atoms with Gasteiger partial charge in [0.15, 0.2) is 0 Å². The highest BCUT2D eigenvalue weighted by Gasteiger charge is 2.13. The number of hydrogen-bond acceptors (Lipinski definition) is 5. The van der Waals surface area contributed by atoms with E-state index >= 15 is 0 Å². The first kappa shape index (κ1) is 20.0. The fourth-order valence-electron chi connectivity index (χ4n) is 2.02. The van der Waals surface area contributed by atoms with E-state index in [1.807, 2.05) is 12.1 Å². The second kappa shape index (κ2) is 8.95. The van der Waals surface area contributed by atoms with Crippen LogP contribution in [0.4, 0.5) is 0 Å². The highest BCUT2D eigenvalue weighted by atomic mass is 35.5. The van der Waals surface area contributed by atoms with Crippen LogP contribution in [0, 0.1) is 0 Å².